The monoisotopic (exact) mass is 301 g/mol. The van der Waals surface area contributed by atoms with Crippen molar-refractivity contribution in [2.45, 2.75) is 13.5 Å². The number of aryl methyl sites for hydroxylation is 1. The maximum Gasteiger partial charge on any atom is 0.0240 e. The summed E-state index contributed by atoms with van der Waals surface area (Å²) in [5.74, 6) is 0. The molecule has 3 rings (SSSR count). The molecule has 0 saturated carbocycles. The van der Waals surface area contributed by atoms with Crippen molar-refractivity contribution in [2.24, 2.45) is 0 Å². The summed E-state index contributed by atoms with van der Waals surface area (Å²) in [5.41, 5.74) is 3.95. The number of hydrogen-bond donors (Lipinski definition) is 0. The molecular weight excluding hydrogens is 278 g/mol. The van der Waals surface area contributed by atoms with E-state index in [0.717, 1.165) is 13.1 Å². The molecule has 23 heavy (non-hydrogen) atoms. The summed E-state index contributed by atoms with van der Waals surface area (Å²) in [6, 6.07) is 23.7. The molecule has 0 unspecified atom stereocenters. The minimum absolute atomic E-state index is 0.942. The average molecular weight is 301 g/mol. The lowest BCUT2D eigenvalue weighted by Gasteiger charge is -2.16. The first-order valence-electron chi connectivity index (χ1n) is 8.11. The van der Waals surface area contributed by atoms with E-state index < -0.39 is 0 Å². The fourth-order valence-corrected chi connectivity index (χ4v) is 2.93. The highest BCUT2D eigenvalue weighted by molar-refractivity contribution is 5.85. The molecule has 3 aromatic carbocycles. The number of hydrogen-bond acceptors (Lipinski definition) is 1. The minimum Gasteiger partial charge on any atom is -0.298 e. The Balaban J connectivity index is 1.66. The summed E-state index contributed by atoms with van der Waals surface area (Å²) in [7, 11) is 2.17. The maximum absolute atomic E-state index is 2.34. The van der Waals surface area contributed by atoms with Gasteiger partial charge < -0.3 is 0 Å². The van der Waals surface area contributed by atoms with E-state index in [1.165, 1.54) is 27.5 Å². The van der Waals surface area contributed by atoms with Crippen LogP contribution in [0.3, 0.4) is 0 Å². The van der Waals surface area contributed by atoms with Crippen LogP contribution in [-0.2, 0) is 6.54 Å². The van der Waals surface area contributed by atoms with Gasteiger partial charge in [0.1, 0.15) is 0 Å². The molecule has 0 atom stereocenters. The Labute approximate surface area is 138 Å². The zero-order chi connectivity index (χ0) is 16.1. The molecule has 116 valence electrons. The van der Waals surface area contributed by atoms with Crippen molar-refractivity contribution in [1.82, 2.24) is 4.90 Å². The molecule has 3 aromatic rings. The molecule has 0 aliphatic rings. The van der Waals surface area contributed by atoms with E-state index in [1.807, 2.05) is 0 Å². The quantitative estimate of drug-likeness (QED) is 0.618. The SMILES string of the molecule is Cc1cccc(C=CCN(C)Cc2cccc3ccccc23)c1. The summed E-state index contributed by atoms with van der Waals surface area (Å²) in [6.45, 7) is 4.03. The lowest BCUT2D eigenvalue weighted by atomic mass is 10.0. The van der Waals surface area contributed by atoms with Crippen molar-refractivity contribution in [3.8, 4) is 0 Å². The van der Waals surface area contributed by atoms with Gasteiger partial charge in [0.25, 0.3) is 0 Å². The van der Waals surface area contributed by atoms with E-state index in [1.54, 1.807) is 0 Å². The van der Waals surface area contributed by atoms with Crippen LogP contribution in [0.5, 0.6) is 0 Å². The Kier molecular flexibility index (Phi) is 4.89. The third-order valence-corrected chi connectivity index (χ3v) is 4.09. The number of nitrogens with zero attached hydrogens (tertiary/aromatic N) is 1. The lowest BCUT2D eigenvalue weighted by Crippen LogP contribution is -2.17. The number of likely N-dealkylation sites (N-methyl/N-ethyl adjacent to an activating group) is 1. The molecular formula is C22H23N. The molecule has 0 bridgehead atoms. The zero-order valence-corrected chi connectivity index (χ0v) is 13.9. The lowest BCUT2D eigenvalue weighted by molar-refractivity contribution is 0.365. The average Bonchev–Trinajstić information content (AvgIpc) is 2.55. The molecule has 0 aliphatic carbocycles. The summed E-state index contributed by atoms with van der Waals surface area (Å²) in [6.07, 6.45) is 4.44. The van der Waals surface area contributed by atoms with Gasteiger partial charge in [0.15, 0.2) is 0 Å². The largest absolute Gasteiger partial charge is 0.298 e. The fraction of sp³-hybridized carbons (Fsp3) is 0.182. The van der Waals surface area contributed by atoms with Gasteiger partial charge in [-0.25, -0.2) is 0 Å². The molecule has 0 radical (unpaired) electrons. The molecule has 0 heterocycles. The smallest absolute Gasteiger partial charge is 0.0240 e. The Morgan fingerprint density at radius 1 is 0.913 bits per heavy atom. The van der Waals surface area contributed by atoms with Gasteiger partial charge in [-0.3, -0.25) is 4.90 Å². The highest BCUT2D eigenvalue weighted by Gasteiger charge is 2.03. The first-order chi connectivity index (χ1) is 11.2. The van der Waals surface area contributed by atoms with Crippen molar-refractivity contribution in [2.75, 3.05) is 13.6 Å². The Hall–Kier alpha value is -2.38. The van der Waals surface area contributed by atoms with Crippen LogP contribution in [-0.4, -0.2) is 18.5 Å². The van der Waals surface area contributed by atoms with Crippen molar-refractivity contribution >= 4 is 16.8 Å². The van der Waals surface area contributed by atoms with E-state index >= 15 is 0 Å². The van der Waals surface area contributed by atoms with E-state index in [9.17, 15) is 0 Å². The normalized spacial score (nSPS) is 11.6. The standard InChI is InChI=1S/C22H23N/c1-18-8-5-9-19(16-18)10-7-15-23(2)17-21-13-6-12-20-11-3-4-14-22(20)21/h3-14,16H,15,17H2,1-2H3. The summed E-state index contributed by atoms with van der Waals surface area (Å²) in [4.78, 5) is 2.34. The maximum atomic E-state index is 2.34. The second-order valence-corrected chi connectivity index (χ2v) is 6.15. The molecule has 0 saturated heterocycles. The third-order valence-electron chi connectivity index (χ3n) is 4.09. The van der Waals surface area contributed by atoms with Gasteiger partial charge in [0.05, 0.1) is 0 Å². The Morgan fingerprint density at radius 2 is 1.70 bits per heavy atom. The first kappa shape index (κ1) is 15.5. The van der Waals surface area contributed by atoms with Crippen molar-refractivity contribution < 1.29 is 0 Å². The molecule has 0 spiro atoms. The van der Waals surface area contributed by atoms with Crippen molar-refractivity contribution in [3.63, 3.8) is 0 Å². The van der Waals surface area contributed by atoms with Gasteiger partial charge in [0.2, 0.25) is 0 Å². The van der Waals surface area contributed by atoms with Crippen LogP contribution in [0.25, 0.3) is 16.8 Å². The Bertz CT molecular complexity index is 812. The molecule has 1 nitrogen and oxygen atoms in total. The fourth-order valence-electron chi connectivity index (χ4n) is 2.93. The van der Waals surface area contributed by atoms with Gasteiger partial charge in [0, 0.05) is 13.1 Å². The van der Waals surface area contributed by atoms with Crippen molar-refractivity contribution in [1.29, 1.82) is 0 Å². The molecule has 0 aromatic heterocycles. The molecule has 1 heteroatoms. The highest BCUT2D eigenvalue weighted by Crippen LogP contribution is 2.19. The van der Waals surface area contributed by atoms with Crippen LogP contribution < -0.4 is 0 Å². The van der Waals surface area contributed by atoms with Gasteiger partial charge >= 0.3 is 0 Å². The second-order valence-electron chi connectivity index (χ2n) is 6.15. The Morgan fingerprint density at radius 3 is 2.57 bits per heavy atom. The minimum atomic E-state index is 0.942. The van der Waals surface area contributed by atoms with Crippen LogP contribution in [0.4, 0.5) is 0 Å². The molecule has 0 N–H and O–H groups in total. The van der Waals surface area contributed by atoms with Crippen molar-refractivity contribution in [3.05, 3.63) is 89.5 Å². The molecule has 0 amide bonds. The van der Waals surface area contributed by atoms with Crippen LogP contribution in [0.15, 0.2) is 72.8 Å². The van der Waals surface area contributed by atoms with Crippen LogP contribution in [0.1, 0.15) is 16.7 Å². The summed E-state index contributed by atoms with van der Waals surface area (Å²) in [5, 5.41) is 2.67. The summed E-state index contributed by atoms with van der Waals surface area (Å²) >= 11 is 0. The van der Waals surface area contributed by atoms with E-state index in [2.05, 4.69) is 97.8 Å². The highest BCUT2D eigenvalue weighted by atomic mass is 15.1. The van der Waals surface area contributed by atoms with Crippen LogP contribution >= 0.6 is 0 Å². The van der Waals surface area contributed by atoms with Gasteiger partial charge in [-0.15, -0.1) is 0 Å². The number of fused-ring (bicyclic) bond motifs is 1. The van der Waals surface area contributed by atoms with Gasteiger partial charge in [-0.2, -0.15) is 0 Å². The summed E-state index contributed by atoms with van der Waals surface area (Å²) < 4.78 is 0. The van der Waals surface area contributed by atoms with Gasteiger partial charge in [-0.05, 0) is 35.9 Å². The topological polar surface area (TPSA) is 3.24 Å². The second kappa shape index (κ2) is 7.26. The molecule has 0 aliphatic heterocycles. The predicted molar refractivity (Wildman–Crippen MR) is 100 cm³/mol. The first-order valence-corrected chi connectivity index (χ1v) is 8.11. The molecule has 0 fully saturated rings. The van der Waals surface area contributed by atoms with Crippen LogP contribution in [0, 0.1) is 6.92 Å². The third kappa shape index (κ3) is 4.08. The number of benzene rings is 3. The zero-order valence-electron chi connectivity index (χ0n) is 13.9. The van der Waals surface area contributed by atoms with Gasteiger partial charge in [-0.1, -0.05) is 84.4 Å². The number of rotatable bonds is 5. The predicted octanol–water partition coefficient (Wildman–Crippen LogP) is 5.29. The van der Waals surface area contributed by atoms with E-state index in [4.69, 9.17) is 0 Å². The van der Waals surface area contributed by atoms with Crippen LogP contribution in [0.2, 0.25) is 0 Å². The van der Waals surface area contributed by atoms with E-state index in [-0.39, 0.29) is 0 Å². The van der Waals surface area contributed by atoms with E-state index in [0.29, 0.717) is 0 Å².